The van der Waals surface area contributed by atoms with E-state index < -0.39 is 0 Å². The number of methoxy groups -OCH3 is 1. The van der Waals surface area contributed by atoms with Gasteiger partial charge in [-0.15, -0.1) is 0 Å². The standard InChI is InChI=1S/C19H19ClN4O/c1-25-16-8-6-14(7-9-16)12-22-18-10-11-21-19(24-18)23-13-15-4-2-3-5-17(15)20/h2-11H,12-13H2,1H3,(H2,21,22,23,24). The Morgan fingerprint density at radius 1 is 0.960 bits per heavy atom. The maximum Gasteiger partial charge on any atom is 0.224 e. The molecule has 0 atom stereocenters. The molecule has 0 saturated carbocycles. The molecule has 5 nitrogen and oxygen atoms in total. The number of benzene rings is 2. The number of ether oxygens (including phenoxy) is 1. The predicted molar refractivity (Wildman–Crippen MR) is 101 cm³/mol. The van der Waals surface area contributed by atoms with Gasteiger partial charge in [0.25, 0.3) is 0 Å². The average Bonchev–Trinajstić information content (AvgIpc) is 2.66. The van der Waals surface area contributed by atoms with Gasteiger partial charge in [-0.1, -0.05) is 41.9 Å². The molecule has 0 fully saturated rings. The van der Waals surface area contributed by atoms with Gasteiger partial charge < -0.3 is 15.4 Å². The van der Waals surface area contributed by atoms with E-state index in [0.717, 1.165) is 27.7 Å². The average molecular weight is 355 g/mol. The van der Waals surface area contributed by atoms with Crippen molar-refractivity contribution in [3.63, 3.8) is 0 Å². The largest absolute Gasteiger partial charge is 0.497 e. The second-order valence-corrected chi connectivity index (χ2v) is 5.82. The normalized spacial score (nSPS) is 10.3. The van der Waals surface area contributed by atoms with Gasteiger partial charge in [-0.05, 0) is 35.4 Å². The molecule has 25 heavy (non-hydrogen) atoms. The SMILES string of the molecule is COc1ccc(CNc2ccnc(NCc3ccccc3Cl)n2)cc1. The van der Waals surface area contributed by atoms with Crippen LogP contribution in [0.5, 0.6) is 5.75 Å². The van der Waals surface area contributed by atoms with E-state index >= 15 is 0 Å². The van der Waals surface area contributed by atoms with Gasteiger partial charge in [0.2, 0.25) is 5.95 Å². The first-order chi connectivity index (χ1) is 12.2. The van der Waals surface area contributed by atoms with Gasteiger partial charge in [0.05, 0.1) is 7.11 Å². The summed E-state index contributed by atoms with van der Waals surface area (Å²) in [6.07, 6.45) is 1.72. The second-order valence-electron chi connectivity index (χ2n) is 5.41. The molecule has 0 aliphatic rings. The van der Waals surface area contributed by atoms with Gasteiger partial charge >= 0.3 is 0 Å². The van der Waals surface area contributed by atoms with Crippen LogP contribution in [0.3, 0.4) is 0 Å². The highest BCUT2D eigenvalue weighted by Crippen LogP contribution is 2.17. The highest BCUT2D eigenvalue weighted by atomic mass is 35.5. The van der Waals surface area contributed by atoms with Crippen molar-refractivity contribution in [2.24, 2.45) is 0 Å². The molecule has 0 aliphatic carbocycles. The molecule has 3 rings (SSSR count). The number of halogens is 1. The molecule has 2 aromatic carbocycles. The zero-order chi connectivity index (χ0) is 17.5. The van der Waals surface area contributed by atoms with Gasteiger partial charge in [0.1, 0.15) is 11.6 Å². The van der Waals surface area contributed by atoms with Gasteiger partial charge in [-0.3, -0.25) is 0 Å². The van der Waals surface area contributed by atoms with Crippen molar-refractivity contribution in [1.29, 1.82) is 0 Å². The van der Waals surface area contributed by atoms with Crippen molar-refractivity contribution in [2.75, 3.05) is 17.7 Å². The van der Waals surface area contributed by atoms with Gasteiger partial charge in [-0.25, -0.2) is 4.98 Å². The van der Waals surface area contributed by atoms with Gasteiger partial charge in [-0.2, -0.15) is 4.98 Å². The molecule has 1 heterocycles. The van der Waals surface area contributed by atoms with Crippen molar-refractivity contribution in [3.05, 3.63) is 76.9 Å². The minimum Gasteiger partial charge on any atom is -0.497 e. The number of nitrogens with one attached hydrogen (secondary N) is 2. The Morgan fingerprint density at radius 2 is 1.76 bits per heavy atom. The molecule has 128 valence electrons. The fourth-order valence-corrected chi connectivity index (χ4v) is 2.50. The third-order valence-corrected chi connectivity index (χ3v) is 4.05. The Hall–Kier alpha value is -2.79. The molecule has 0 aliphatic heterocycles. The number of anilines is 2. The molecule has 0 bridgehead atoms. The summed E-state index contributed by atoms with van der Waals surface area (Å²) in [5, 5.41) is 7.21. The Morgan fingerprint density at radius 3 is 2.52 bits per heavy atom. The Bertz CT molecular complexity index is 824. The van der Waals surface area contributed by atoms with Crippen LogP contribution >= 0.6 is 11.6 Å². The van der Waals surface area contributed by atoms with Crippen LogP contribution in [-0.4, -0.2) is 17.1 Å². The Labute approximate surface area is 152 Å². The lowest BCUT2D eigenvalue weighted by atomic mass is 10.2. The lowest BCUT2D eigenvalue weighted by molar-refractivity contribution is 0.414. The third kappa shape index (κ3) is 4.84. The highest BCUT2D eigenvalue weighted by Gasteiger charge is 2.02. The summed E-state index contributed by atoms with van der Waals surface area (Å²) in [6.45, 7) is 1.24. The topological polar surface area (TPSA) is 59.1 Å². The molecule has 3 aromatic rings. The van der Waals surface area contributed by atoms with Crippen LogP contribution < -0.4 is 15.4 Å². The van der Waals surface area contributed by atoms with Crippen molar-refractivity contribution < 1.29 is 4.74 Å². The van der Waals surface area contributed by atoms with Crippen molar-refractivity contribution >= 4 is 23.4 Å². The zero-order valence-corrected chi connectivity index (χ0v) is 14.6. The van der Waals surface area contributed by atoms with E-state index in [4.69, 9.17) is 16.3 Å². The quantitative estimate of drug-likeness (QED) is 0.660. The monoisotopic (exact) mass is 354 g/mol. The van der Waals surface area contributed by atoms with E-state index in [0.29, 0.717) is 19.0 Å². The number of rotatable bonds is 7. The summed E-state index contributed by atoms with van der Waals surface area (Å²) in [5.41, 5.74) is 2.15. The minimum atomic E-state index is 0.555. The molecular formula is C19H19ClN4O. The first-order valence-electron chi connectivity index (χ1n) is 7.92. The Balaban J connectivity index is 1.58. The van der Waals surface area contributed by atoms with Crippen LogP contribution in [-0.2, 0) is 13.1 Å². The van der Waals surface area contributed by atoms with Crippen molar-refractivity contribution in [3.8, 4) is 5.75 Å². The lowest BCUT2D eigenvalue weighted by Crippen LogP contribution is -2.07. The van der Waals surface area contributed by atoms with Crippen LogP contribution in [0.2, 0.25) is 5.02 Å². The van der Waals surface area contributed by atoms with Crippen LogP contribution in [0.15, 0.2) is 60.8 Å². The zero-order valence-electron chi connectivity index (χ0n) is 13.9. The number of nitrogens with zero attached hydrogens (tertiary/aromatic N) is 2. The van der Waals surface area contributed by atoms with E-state index in [-0.39, 0.29) is 0 Å². The molecule has 0 amide bonds. The van der Waals surface area contributed by atoms with Crippen LogP contribution in [0.25, 0.3) is 0 Å². The fraction of sp³-hybridized carbons (Fsp3) is 0.158. The molecule has 0 saturated heterocycles. The lowest BCUT2D eigenvalue weighted by Gasteiger charge is -2.09. The molecule has 2 N–H and O–H groups in total. The summed E-state index contributed by atoms with van der Waals surface area (Å²) in [5.74, 6) is 2.16. The van der Waals surface area contributed by atoms with Crippen molar-refractivity contribution in [2.45, 2.75) is 13.1 Å². The fourth-order valence-electron chi connectivity index (χ4n) is 2.29. The van der Waals surface area contributed by atoms with Crippen LogP contribution in [0.4, 0.5) is 11.8 Å². The first kappa shape index (κ1) is 17.0. The van der Waals surface area contributed by atoms with Crippen LogP contribution in [0, 0.1) is 0 Å². The molecule has 1 aromatic heterocycles. The highest BCUT2D eigenvalue weighted by molar-refractivity contribution is 6.31. The molecule has 6 heteroatoms. The van der Waals surface area contributed by atoms with Crippen molar-refractivity contribution in [1.82, 2.24) is 9.97 Å². The maximum atomic E-state index is 6.16. The Kier molecular flexibility index (Phi) is 5.69. The maximum absolute atomic E-state index is 6.16. The summed E-state index contributed by atoms with van der Waals surface area (Å²) in [6, 6.07) is 17.5. The summed E-state index contributed by atoms with van der Waals surface area (Å²) in [7, 11) is 1.66. The minimum absolute atomic E-state index is 0.555. The van der Waals surface area contributed by atoms with Gasteiger partial charge in [0, 0.05) is 24.3 Å². The van der Waals surface area contributed by atoms with Gasteiger partial charge in [0.15, 0.2) is 0 Å². The summed E-state index contributed by atoms with van der Waals surface area (Å²) >= 11 is 6.16. The molecule has 0 spiro atoms. The molecule has 0 unspecified atom stereocenters. The van der Waals surface area contributed by atoms with E-state index in [2.05, 4.69) is 20.6 Å². The second kappa shape index (κ2) is 8.35. The van der Waals surface area contributed by atoms with E-state index in [1.807, 2.05) is 54.6 Å². The number of hydrogen-bond acceptors (Lipinski definition) is 5. The van der Waals surface area contributed by atoms with E-state index in [1.54, 1.807) is 13.3 Å². The summed E-state index contributed by atoms with van der Waals surface area (Å²) in [4.78, 5) is 8.71. The number of aromatic nitrogens is 2. The third-order valence-electron chi connectivity index (χ3n) is 3.68. The van der Waals surface area contributed by atoms with E-state index in [1.165, 1.54) is 0 Å². The van der Waals surface area contributed by atoms with Crippen LogP contribution in [0.1, 0.15) is 11.1 Å². The smallest absolute Gasteiger partial charge is 0.224 e. The first-order valence-corrected chi connectivity index (χ1v) is 8.29. The predicted octanol–water partition coefficient (Wildman–Crippen LogP) is 4.36. The van der Waals surface area contributed by atoms with E-state index in [9.17, 15) is 0 Å². The summed E-state index contributed by atoms with van der Waals surface area (Å²) < 4.78 is 5.16. The molecule has 0 radical (unpaired) electrons. The molecular weight excluding hydrogens is 336 g/mol. The number of hydrogen-bond donors (Lipinski definition) is 2.